The van der Waals surface area contributed by atoms with Gasteiger partial charge >= 0.3 is 0 Å². The minimum Gasteiger partial charge on any atom is -0.396 e. The molecule has 1 aliphatic rings. The van der Waals surface area contributed by atoms with Crippen LogP contribution in [0.1, 0.15) is 17.5 Å². The van der Waals surface area contributed by atoms with E-state index in [1.807, 2.05) is 54.7 Å². The predicted molar refractivity (Wildman–Crippen MR) is 91.9 cm³/mol. The average molecular weight is 304 g/mol. The normalized spacial score (nSPS) is 15.6. The Hall–Kier alpha value is -2.85. The smallest absolute Gasteiger partial charge is 0.256 e. The number of H-pyrrole nitrogens is 1. The fourth-order valence-corrected chi connectivity index (χ4v) is 3.24. The van der Waals surface area contributed by atoms with Crippen LogP contribution in [-0.4, -0.2) is 22.6 Å². The van der Waals surface area contributed by atoms with Crippen molar-refractivity contribution in [3.8, 4) is 0 Å². The third-order valence-corrected chi connectivity index (χ3v) is 4.25. The van der Waals surface area contributed by atoms with Gasteiger partial charge in [-0.25, -0.2) is 0 Å². The first kappa shape index (κ1) is 13.8. The molecule has 0 saturated carbocycles. The lowest BCUT2D eigenvalue weighted by Crippen LogP contribution is -2.06. The number of aromatic nitrogens is 1. The number of aliphatic hydroxyl groups excluding tert-OH is 1. The number of fused-ring (bicyclic) bond motifs is 2. The standard InChI is InChI=1S/C19H16N2O2/c22-10-9-13(15-11-20-16-7-3-1-5-12(15)16)18-14-6-2-4-8-17(14)21-19(18)23/h1-8,11,20,22H,9-10H2,(H,21,23). The number of hydrogen-bond acceptors (Lipinski definition) is 2. The average Bonchev–Trinajstić information content (AvgIpc) is 3.13. The Morgan fingerprint density at radius 2 is 1.83 bits per heavy atom. The lowest BCUT2D eigenvalue weighted by atomic mass is 9.93. The summed E-state index contributed by atoms with van der Waals surface area (Å²) in [5.74, 6) is -0.111. The molecule has 0 unspecified atom stereocenters. The van der Waals surface area contributed by atoms with Crippen LogP contribution in [0.3, 0.4) is 0 Å². The topological polar surface area (TPSA) is 65.1 Å². The number of amides is 1. The molecular weight excluding hydrogens is 288 g/mol. The van der Waals surface area contributed by atoms with Crippen molar-refractivity contribution in [2.75, 3.05) is 11.9 Å². The number of benzene rings is 2. The summed E-state index contributed by atoms with van der Waals surface area (Å²) < 4.78 is 0. The summed E-state index contributed by atoms with van der Waals surface area (Å²) in [7, 11) is 0. The summed E-state index contributed by atoms with van der Waals surface area (Å²) in [4.78, 5) is 15.8. The van der Waals surface area contributed by atoms with Crippen molar-refractivity contribution in [2.45, 2.75) is 6.42 Å². The second-order valence-electron chi connectivity index (χ2n) is 5.57. The maximum Gasteiger partial charge on any atom is 0.256 e. The van der Waals surface area contributed by atoms with Crippen molar-refractivity contribution in [2.24, 2.45) is 0 Å². The highest BCUT2D eigenvalue weighted by atomic mass is 16.3. The molecule has 0 radical (unpaired) electrons. The van der Waals surface area contributed by atoms with E-state index in [-0.39, 0.29) is 12.5 Å². The Morgan fingerprint density at radius 1 is 1.04 bits per heavy atom. The quantitative estimate of drug-likeness (QED) is 0.649. The summed E-state index contributed by atoms with van der Waals surface area (Å²) in [5, 5.41) is 13.5. The molecule has 1 aromatic heterocycles. The van der Waals surface area contributed by atoms with Crippen molar-refractivity contribution in [3.05, 3.63) is 65.9 Å². The van der Waals surface area contributed by atoms with Gasteiger partial charge in [0.05, 0.1) is 5.57 Å². The minimum atomic E-state index is -0.111. The summed E-state index contributed by atoms with van der Waals surface area (Å²) in [6, 6.07) is 15.6. The molecule has 2 aromatic carbocycles. The summed E-state index contributed by atoms with van der Waals surface area (Å²) in [6.07, 6.45) is 2.34. The summed E-state index contributed by atoms with van der Waals surface area (Å²) in [5.41, 5.74) is 5.22. The van der Waals surface area contributed by atoms with Gasteiger partial charge in [0.15, 0.2) is 0 Å². The van der Waals surface area contributed by atoms with Gasteiger partial charge in [-0.05, 0) is 24.1 Å². The molecule has 0 aliphatic carbocycles. The van der Waals surface area contributed by atoms with Gasteiger partial charge in [-0.2, -0.15) is 0 Å². The highest BCUT2D eigenvalue weighted by molar-refractivity contribution is 6.37. The van der Waals surface area contributed by atoms with Crippen LogP contribution in [0.4, 0.5) is 5.69 Å². The summed E-state index contributed by atoms with van der Waals surface area (Å²) >= 11 is 0. The molecule has 4 heteroatoms. The molecule has 0 saturated heterocycles. The van der Waals surface area contributed by atoms with E-state index in [0.717, 1.165) is 33.3 Å². The van der Waals surface area contributed by atoms with Crippen molar-refractivity contribution in [1.29, 1.82) is 0 Å². The van der Waals surface area contributed by atoms with E-state index in [9.17, 15) is 9.90 Å². The number of anilines is 1. The van der Waals surface area contributed by atoms with Gasteiger partial charge in [0.2, 0.25) is 0 Å². The third-order valence-electron chi connectivity index (χ3n) is 4.25. The molecule has 4 rings (SSSR count). The number of hydrogen-bond donors (Lipinski definition) is 3. The highest BCUT2D eigenvalue weighted by Crippen LogP contribution is 2.39. The molecule has 1 aliphatic heterocycles. The number of para-hydroxylation sites is 2. The van der Waals surface area contributed by atoms with Crippen LogP contribution in [-0.2, 0) is 4.79 Å². The molecule has 1 amide bonds. The Labute approximate surface area is 133 Å². The van der Waals surface area contributed by atoms with Crippen LogP contribution in [0.15, 0.2) is 54.7 Å². The summed E-state index contributed by atoms with van der Waals surface area (Å²) in [6.45, 7) is -0.00616. The molecular formula is C19H16N2O2. The van der Waals surface area contributed by atoms with Crippen LogP contribution in [0.25, 0.3) is 22.0 Å². The molecule has 3 N–H and O–H groups in total. The fraction of sp³-hybridized carbons (Fsp3) is 0.105. The van der Waals surface area contributed by atoms with Crippen LogP contribution in [0, 0.1) is 0 Å². The van der Waals surface area contributed by atoms with E-state index in [0.29, 0.717) is 12.0 Å². The van der Waals surface area contributed by atoms with Crippen LogP contribution in [0.5, 0.6) is 0 Å². The minimum absolute atomic E-state index is 0.00616. The van der Waals surface area contributed by atoms with Gasteiger partial charge in [0.25, 0.3) is 5.91 Å². The predicted octanol–water partition coefficient (Wildman–Crippen LogP) is 3.41. The molecule has 2 heterocycles. The van der Waals surface area contributed by atoms with E-state index in [4.69, 9.17) is 0 Å². The highest BCUT2D eigenvalue weighted by Gasteiger charge is 2.28. The zero-order valence-electron chi connectivity index (χ0n) is 12.5. The maximum absolute atomic E-state index is 12.5. The molecule has 23 heavy (non-hydrogen) atoms. The number of aliphatic hydroxyl groups is 1. The number of rotatable bonds is 3. The number of carbonyl (C=O) groups excluding carboxylic acids is 1. The Morgan fingerprint density at radius 3 is 2.70 bits per heavy atom. The van der Waals surface area contributed by atoms with Crippen molar-refractivity contribution >= 4 is 33.6 Å². The Bertz CT molecular complexity index is 937. The van der Waals surface area contributed by atoms with Crippen molar-refractivity contribution in [1.82, 2.24) is 4.98 Å². The van der Waals surface area contributed by atoms with Gasteiger partial charge in [-0.3, -0.25) is 4.79 Å². The first-order valence-corrected chi connectivity index (χ1v) is 7.61. The second-order valence-corrected chi connectivity index (χ2v) is 5.57. The first-order chi connectivity index (χ1) is 11.3. The lowest BCUT2D eigenvalue weighted by Gasteiger charge is -2.09. The van der Waals surface area contributed by atoms with Gasteiger partial charge in [-0.15, -0.1) is 0 Å². The Kier molecular flexibility index (Phi) is 3.24. The van der Waals surface area contributed by atoms with E-state index in [1.165, 1.54) is 0 Å². The first-order valence-electron chi connectivity index (χ1n) is 7.61. The zero-order chi connectivity index (χ0) is 15.8. The monoisotopic (exact) mass is 304 g/mol. The van der Waals surface area contributed by atoms with E-state index in [1.54, 1.807) is 0 Å². The van der Waals surface area contributed by atoms with Crippen LogP contribution < -0.4 is 5.32 Å². The molecule has 3 aromatic rings. The van der Waals surface area contributed by atoms with Gasteiger partial charge in [-0.1, -0.05) is 36.4 Å². The Balaban J connectivity index is 2.00. The lowest BCUT2D eigenvalue weighted by molar-refractivity contribution is -0.110. The molecule has 114 valence electrons. The molecule has 0 spiro atoms. The van der Waals surface area contributed by atoms with Crippen LogP contribution in [0.2, 0.25) is 0 Å². The second kappa shape index (κ2) is 5.41. The maximum atomic E-state index is 12.5. The SMILES string of the molecule is O=C1Nc2ccccc2C1=C(CCO)c1c[nH]c2ccccc12. The number of nitrogens with one attached hydrogen (secondary N) is 2. The van der Waals surface area contributed by atoms with Gasteiger partial charge in [0, 0.05) is 40.5 Å². The van der Waals surface area contributed by atoms with Crippen LogP contribution >= 0.6 is 0 Å². The molecule has 4 nitrogen and oxygen atoms in total. The number of aromatic amines is 1. The fourth-order valence-electron chi connectivity index (χ4n) is 3.24. The van der Waals surface area contributed by atoms with Crippen molar-refractivity contribution in [3.63, 3.8) is 0 Å². The molecule has 0 atom stereocenters. The zero-order valence-corrected chi connectivity index (χ0v) is 12.5. The van der Waals surface area contributed by atoms with E-state index in [2.05, 4.69) is 10.3 Å². The molecule has 0 bridgehead atoms. The largest absolute Gasteiger partial charge is 0.396 e. The van der Waals surface area contributed by atoms with Gasteiger partial charge in [0.1, 0.15) is 0 Å². The van der Waals surface area contributed by atoms with E-state index >= 15 is 0 Å². The van der Waals surface area contributed by atoms with E-state index < -0.39 is 0 Å². The third kappa shape index (κ3) is 2.15. The number of carbonyl (C=O) groups is 1. The van der Waals surface area contributed by atoms with Gasteiger partial charge < -0.3 is 15.4 Å². The molecule has 0 fully saturated rings. The van der Waals surface area contributed by atoms with Crippen molar-refractivity contribution < 1.29 is 9.90 Å².